The fourth-order valence-electron chi connectivity index (χ4n) is 0.830. The summed E-state index contributed by atoms with van der Waals surface area (Å²) in [4.78, 5) is 0. The van der Waals surface area contributed by atoms with E-state index in [1.807, 2.05) is 6.07 Å². The smallest absolute Gasteiger partial charge is 0.148 e. The third kappa shape index (κ3) is 2.74. The van der Waals surface area contributed by atoms with Crippen LogP contribution in [0.1, 0.15) is 19.8 Å². The van der Waals surface area contributed by atoms with Crippen LogP contribution in [0.15, 0.2) is 12.1 Å². The van der Waals surface area contributed by atoms with Crippen molar-refractivity contribution >= 4 is 11.6 Å². The van der Waals surface area contributed by atoms with E-state index in [2.05, 4.69) is 22.4 Å². The summed E-state index contributed by atoms with van der Waals surface area (Å²) in [5, 5.41) is 10.7. The van der Waals surface area contributed by atoms with Crippen LogP contribution in [0, 0.1) is 0 Å². The summed E-state index contributed by atoms with van der Waals surface area (Å²) in [5.74, 6) is 1.24. The van der Waals surface area contributed by atoms with Crippen molar-refractivity contribution in [2.24, 2.45) is 0 Å². The summed E-state index contributed by atoms with van der Waals surface area (Å²) < 4.78 is 0. The Morgan fingerprint density at radius 1 is 1.42 bits per heavy atom. The molecule has 1 aromatic rings. The molecule has 0 saturated heterocycles. The van der Waals surface area contributed by atoms with E-state index in [1.54, 1.807) is 6.07 Å². The van der Waals surface area contributed by atoms with E-state index in [4.69, 9.17) is 5.73 Å². The van der Waals surface area contributed by atoms with Gasteiger partial charge in [-0.2, -0.15) is 0 Å². The lowest BCUT2D eigenvalue weighted by molar-refractivity contribution is 0.827. The van der Waals surface area contributed by atoms with Crippen molar-refractivity contribution in [1.82, 2.24) is 10.2 Å². The molecule has 12 heavy (non-hydrogen) atoms. The number of unbranched alkanes of at least 4 members (excludes halogenated alkanes) is 1. The fourth-order valence-corrected chi connectivity index (χ4v) is 0.830. The summed E-state index contributed by atoms with van der Waals surface area (Å²) >= 11 is 0. The molecule has 0 aliphatic heterocycles. The third-order valence-electron chi connectivity index (χ3n) is 1.52. The number of hydrogen-bond acceptors (Lipinski definition) is 4. The predicted octanol–water partition coefficient (Wildman–Crippen LogP) is 1.27. The van der Waals surface area contributed by atoms with Crippen LogP contribution in [0.2, 0.25) is 0 Å². The molecule has 0 aliphatic rings. The number of nitrogens with two attached hydrogens (primary N) is 1. The maximum atomic E-state index is 5.38. The quantitative estimate of drug-likeness (QED) is 0.661. The van der Waals surface area contributed by atoms with Crippen LogP contribution in [-0.2, 0) is 0 Å². The maximum Gasteiger partial charge on any atom is 0.148 e. The Kier molecular flexibility index (Phi) is 3.32. The van der Waals surface area contributed by atoms with Crippen LogP contribution in [0.5, 0.6) is 0 Å². The second-order valence-corrected chi connectivity index (χ2v) is 2.62. The monoisotopic (exact) mass is 166 g/mol. The minimum Gasteiger partial charge on any atom is -0.382 e. The maximum absolute atomic E-state index is 5.38. The number of aromatic nitrogens is 2. The number of nitrogen functional groups attached to an aromatic ring is 1. The molecule has 4 heteroatoms. The lowest BCUT2D eigenvalue weighted by Gasteiger charge is -2.02. The van der Waals surface area contributed by atoms with Crippen molar-refractivity contribution in [3.63, 3.8) is 0 Å². The van der Waals surface area contributed by atoms with Gasteiger partial charge < -0.3 is 11.1 Å². The molecular weight excluding hydrogens is 152 g/mol. The van der Waals surface area contributed by atoms with E-state index in [9.17, 15) is 0 Å². The second-order valence-electron chi connectivity index (χ2n) is 2.62. The molecule has 0 saturated carbocycles. The number of anilines is 2. The topological polar surface area (TPSA) is 63.8 Å². The Morgan fingerprint density at radius 3 is 2.83 bits per heavy atom. The third-order valence-corrected chi connectivity index (χ3v) is 1.52. The molecule has 0 bridgehead atoms. The zero-order valence-corrected chi connectivity index (χ0v) is 7.25. The molecule has 1 rings (SSSR count). The largest absolute Gasteiger partial charge is 0.382 e. The fraction of sp³-hybridized carbons (Fsp3) is 0.500. The minimum absolute atomic E-state index is 0.455. The molecule has 0 spiro atoms. The van der Waals surface area contributed by atoms with Gasteiger partial charge in [0, 0.05) is 6.54 Å². The molecule has 66 valence electrons. The zero-order valence-electron chi connectivity index (χ0n) is 7.25. The van der Waals surface area contributed by atoms with Crippen molar-refractivity contribution in [3.8, 4) is 0 Å². The molecule has 1 heterocycles. The number of rotatable bonds is 4. The van der Waals surface area contributed by atoms with Gasteiger partial charge in [0.25, 0.3) is 0 Å². The van der Waals surface area contributed by atoms with Crippen LogP contribution in [-0.4, -0.2) is 16.7 Å². The number of nitrogens with one attached hydrogen (secondary N) is 1. The van der Waals surface area contributed by atoms with E-state index in [0.717, 1.165) is 18.8 Å². The van der Waals surface area contributed by atoms with Crippen LogP contribution < -0.4 is 11.1 Å². The molecule has 0 radical (unpaired) electrons. The van der Waals surface area contributed by atoms with E-state index in [0.29, 0.717) is 5.82 Å². The van der Waals surface area contributed by atoms with Gasteiger partial charge >= 0.3 is 0 Å². The highest BCUT2D eigenvalue weighted by Gasteiger charge is 1.92. The zero-order chi connectivity index (χ0) is 8.81. The van der Waals surface area contributed by atoms with Crippen molar-refractivity contribution in [2.45, 2.75) is 19.8 Å². The van der Waals surface area contributed by atoms with Crippen molar-refractivity contribution in [2.75, 3.05) is 17.6 Å². The SMILES string of the molecule is CCCCNc1ccc(N)nn1. The molecule has 0 atom stereocenters. The summed E-state index contributed by atoms with van der Waals surface area (Å²) in [6.45, 7) is 3.09. The van der Waals surface area contributed by atoms with Gasteiger partial charge in [-0.15, -0.1) is 10.2 Å². The molecule has 0 aromatic carbocycles. The molecular formula is C8H14N4. The van der Waals surface area contributed by atoms with Crippen LogP contribution in [0.3, 0.4) is 0 Å². The van der Waals surface area contributed by atoms with Gasteiger partial charge in [0.1, 0.15) is 11.6 Å². The summed E-state index contributed by atoms with van der Waals surface area (Å²) in [6.07, 6.45) is 2.32. The van der Waals surface area contributed by atoms with Gasteiger partial charge in [0.2, 0.25) is 0 Å². The Labute approximate surface area is 72.2 Å². The highest BCUT2D eigenvalue weighted by atomic mass is 15.2. The molecule has 0 aliphatic carbocycles. The van der Waals surface area contributed by atoms with Crippen LogP contribution in [0.4, 0.5) is 11.6 Å². The van der Waals surface area contributed by atoms with E-state index in [-0.39, 0.29) is 0 Å². The van der Waals surface area contributed by atoms with Gasteiger partial charge in [-0.05, 0) is 18.6 Å². The van der Waals surface area contributed by atoms with Gasteiger partial charge in [-0.25, -0.2) is 0 Å². The lowest BCUT2D eigenvalue weighted by Crippen LogP contribution is -2.04. The van der Waals surface area contributed by atoms with E-state index >= 15 is 0 Å². The van der Waals surface area contributed by atoms with Gasteiger partial charge in [0.05, 0.1) is 0 Å². The molecule has 1 aromatic heterocycles. The Hall–Kier alpha value is -1.32. The highest BCUT2D eigenvalue weighted by molar-refractivity contribution is 5.38. The standard InChI is InChI=1S/C8H14N4/c1-2-3-6-10-8-5-4-7(9)11-12-8/h4-5H,2-3,6H2,1H3,(H2,9,11)(H,10,12). The molecule has 0 fully saturated rings. The second kappa shape index (κ2) is 4.54. The average molecular weight is 166 g/mol. The van der Waals surface area contributed by atoms with Crippen molar-refractivity contribution in [1.29, 1.82) is 0 Å². The van der Waals surface area contributed by atoms with Crippen LogP contribution in [0.25, 0.3) is 0 Å². The van der Waals surface area contributed by atoms with Crippen LogP contribution >= 0.6 is 0 Å². The lowest BCUT2D eigenvalue weighted by atomic mass is 10.3. The Bertz CT molecular complexity index is 219. The van der Waals surface area contributed by atoms with E-state index < -0.39 is 0 Å². The Morgan fingerprint density at radius 2 is 2.25 bits per heavy atom. The number of hydrogen-bond donors (Lipinski definition) is 2. The molecule has 3 N–H and O–H groups in total. The predicted molar refractivity (Wildman–Crippen MR) is 49.8 cm³/mol. The van der Waals surface area contributed by atoms with Gasteiger partial charge in [-0.3, -0.25) is 0 Å². The summed E-state index contributed by atoms with van der Waals surface area (Å²) in [5.41, 5.74) is 5.38. The van der Waals surface area contributed by atoms with Crippen molar-refractivity contribution in [3.05, 3.63) is 12.1 Å². The normalized spacial score (nSPS) is 9.75. The van der Waals surface area contributed by atoms with E-state index in [1.165, 1.54) is 6.42 Å². The molecule has 0 amide bonds. The first-order valence-corrected chi connectivity index (χ1v) is 4.16. The molecule has 0 unspecified atom stereocenters. The summed E-state index contributed by atoms with van der Waals surface area (Å²) in [6, 6.07) is 3.57. The average Bonchev–Trinajstić information content (AvgIpc) is 2.09. The number of nitrogens with zero attached hydrogens (tertiary/aromatic N) is 2. The minimum atomic E-state index is 0.455. The van der Waals surface area contributed by atoms with Crippen molar-refractivity contribution < 1.29 is 0 Å². The van der Waals surface area contributed by atoms with Gasteiger partial charge in [0.15, 0.2) is 0 Å². The summed E-state index contributed by atoms with van der Waals surface area (Å²) in [7, 11) is 0. The Balaban J connectivity index is 2.37. The first-order valence-electron chi connectivity index (χ1n) is 4.16. The highest BCUT2D eigenvalue weighted by Crippen LogP contribution is 2.02. The first-order chi connectivity index (χ1) is 5.83. The van der Waals surface area contributed by atoms with Gasteiger partial charge in [-0.1, -0.05) is 13.3 Å². The first kappa shape index (κ1) is 8.77. The molecule has 4 nitrogen and oxygen atoms in total.